The van der Waals surface area contributed by atoms with Crippen LogP contribution in [0.1, 0.15) is 43.2 Å². The van der Waals surface area contributed by atoms with E-state index in [1.807, 2.05) is 6.07 Å². The third kappa shape index (κ3) is 6.32. The molecule has 2 heterocycles. The summed E-state index contributed by atoms with van der Waals surface area (Å²) in [5.74, 6) is -0.0237. The standard InChI is InChI=1S/C17H25N3O2S.C3H6O2/c1-18-23(21,22)10-7-13-3-4-17-15(11-13)16(12-19-17)14-5-8-20(2)9-6-14;1-2-3(4)5/h3-4,11-12,14,18-19H,5-10H2,1-2H3;2H2,1H3,(H,4,5). The van der Waals surface area contributed by atoms with Crippen LogP contribution in [-0.2, 0) is 21.2 Å². The van der Waals surface area contributed by atoms with Gasteiger partial charge in [-0.1, -0.05) is 13.0 Å². The van der Waals surface area contributed by atoms with E-state index in [-0.39, 0.29) is 12.2 Å². The second-order valence-corrected chi connectivity index (χ2v) is 9.27. The van der Waals surface area contributed by atoms with Crippen molar-refractivity contribution in [3.63, 3.8) is 0 Å². The number of carboxylic acid groups (broad SMARTS) is 1. The molecule has 0 atom stereocenters. The van der Waals surface area contributed by atoms with E-state index in [0.29, 0.717) is 12.3 Å². The van der Waals surface area contributed by atoms with Gasteiger partial charge < -0.3 is 15.0 Å². The molecule has 2 aromatic rings. The summed E-state index contributed by atoms with van der Waals surface area (Å²) in [6.07, 6.45) is 5.26. The molecule has 0 radical (unpaired) electrons. The Kier molecular flexibility index (Phi) is 8.03. The van der Waals surface area contributed by atoms with Crippen LogP contribution in [0.25, 0.3) is 10.9 Å². The number of hydrogen-bond acceptors (Lipinski definition) is 4. The van der Waals surface area contributed by atoms with Crippen molar-refractivity contribution in [1.82, 2.24) is 14.6 Å². The van der Waals surface area contributed by atoms with E-state index in [1.54, 1.807) is 6.92 Å². The highest BCUT2D eigenvalue weighted by molar-refractivity contribution is 7.89. The summed E-state index contributed by atoms with van der Waals surface area (Å²) in [6, 6.07) is 6.24. The Bertz CT molecular complexity index is 884. The Morgan fingerprint density at radius 2 is 1.96 bits per heavy atom. The molecule has 3 N–H and O–H groups in total. The Morgan fingerprint density at radius 1 is 1.32 bits per heavy atom. The van der Waals surface area contributed by atoms with Crippen LogP contribution < -0.4 is 4.72 Å². The average molecular weight is 410 g/mol. The van der Waals surface area contributed by atoms with E-state index in [1.165, 1.54) is 30.8 Å². The molecule has 0 unspecified atom stereocenters. The number of nitrogens with zero attached hydrogens (tertiary/aromatic N) is 1. The van der Waals surface area contributed by atoms with Crippen molar-refractivity contribution in [3.05, 3.63) is 35.5 Å². The van der Waals surface area contributed by atoms with Gasteiger partial charge in [0.2, 0.25) is 10.0 Å². The minimum absolute atomic E-state index is 0.128. The van der Waals surface area contributed by atoms with Crippen LogP contribution in [-0.4, -0.2) is 62.3 Å². The van der Waals surface area contributed by atoms with E-state index >= 15 is 0 Å². The molecule has 1 aromatic carbocycles. The molecule has 1 aliphatic rings. The first-order valence-corrected chi connectivity index (χ1v) is 11.3. The molecule has 0 bridgehead atoms. The Hall–Kier alpha value is -1.90. The molecule has 156 valence electrons. The van der Waals surface area contributed by atoms with Gasteiger partial charge in [0.1, 0.15) is 0 Å². The number of H-pyrrole nitrogens is 1. The zero-order chi connectivity index (χ0) is 20.7. The number of aliphatic carboxylic acids is 1. The van der Waals surface area contributed by atoms with Gasteiger partial charge in [-0.2, -0.15) is 0 Å². The number of sulfonamides is 1. The average Bonchev–Trinajstić information content (AvgIpc) is 3.11. The van der Waals surface area contributed by atoms with E-state index < -0.39 is 16.0 Å². The maximum atomic E-state index is 11.6. The summed E-state index contributed by atoms with van der Waals surface area (Å²) in [7, 11) is 0.476. The van der Waals surface area contributed by atoms with Crippen molar-refractivity contribution < 1.29 is 18.3 Å². The van der Waals surface area contributed by atoms with Gasteiger partial charge in [0, 0.05) is 23.5 Å². The number of hydrogen-bond donors (Lipinski definition) is 3. The fourth-order valence-corrected chi connectivity index (χ4v) is 4.07. The molecule has 28 heavy (non-hydrogen) atoms. The minimum atomic E-state index is -3.16. The maximum absolute atomic E-state index is 11.6. The number of fused-ring (bicyclic) bond motifs is 1. The van der Waals surface area contributed by atoms with E-state index in [2.05, 4.69) is 40.0 Å². The fraction of sp³-hybridized carbons (Fsp3) is 0.550. The molecular formula is C20H31N3O4S. The van der Waals surface area contributed by atoms with Crippen LogP contribution in [0.2, 0.25) is 0 Å². The van der Waals surface area contributed by atoms with Crippen LogP contribution in [0.15, 0.2) is 24.4 Å². The highest BCUT2D eigenvalue weighted by Crippen LogP contribution is 2.33. The monoisotopic (exact) mass is 409 g/mol. The van der Waals surface area contributed by atoms with Gasteiger partial charge in [-0.05, 0) is 75.6 Å². The predicted octanol–water partition coefficient (Wildman–Crippen LogP) is 2.55. The first-order valence-electron chi connectivity index (χ1n) is 9.67. The predicted molar refractivity (Wildman–Crippen MR) is 112 cm³/mol. The van der Waals surface area contributed by atoms with Crippen molar-refractivity contribution >= 4 is 26.9 Å². The van der Waals surface area contributed by atoms with Crippen molar-refractivity contribution in [3.8, 4) is 0 Å². The highest BCUT2D eigenvalue weighted by atomic mass is 32.2. The normalized spacial score (nSPS) is 16.0. The third-order valence-electron chi connectivity index (χ3n) is 5.21. The van der Waals surface area contributed by atoms with Gasteiger partial charge in [-0.15, -0.1) is 0 Å². The second-order valence-electron chi connectivity index (χ2n) is 7.22. The number of likely N-dealkylation sites (tertiary alicyclic amines) is 1. The minimum Gasteiger partial charge on any atom is -0.481 e. The lowest BCUT2D eigenvalue weighted by atomic mass is 9.89. The number of rotatable bonds is 6. The number of aromatic nitrogens is 1. The quantitative estimate of drug-likeness (QED) is 0.680. The van der Waals surface area contributed by atoms with E-state index in [9.17, 15) is 13.2 Å². The maximum Gasteiger partial charge on any atom is 0.303 e. The third-order valence-corrected chi connectivity index (χ3v) is 6.57. The first-order chi connectivity index (χ1) is 13.3. The lowest BCUT2D eigenvalue weighted by molar-refractivity contribution is -0.136. The number of carboxylic acids is 1. The van der Waals surface area contributed by atoms with E-state index in [4.69, 9.17) is 5.11 Å². The second kappa shape index (κ2) is 10.0. The smallest absolute Gasteiger partial charge is 0.303 e. The molecule has 1 fully saturated rings. The fourth-order valence-electron chi connectivity index (χ4n) is 3.36. The summed E-state index contributed by atoms with van der Waals surface area (Å²) in [5.41, 5.74) is 3.59. The summed E-state index contributed by atoms with van der Waals surface area (Å²) in [6.45, 7) is 3.87. The van der Waals surface area contributed by atoms with Crippen molar-refractivity contribution in [2.24, 2.45) is 0 Å². The molecular weight excluding hydrogens is 378 g/mol. The molecule has 1 aromatic heterocycles. The number of benzene rings is 1. The Balaban J connectivity index is 0.000000500. The molecule has 0 amide bonds. The number of carbonyl (C=O) groups is 1. The van der Waals surface area contributed by atoms with E-state index in [0.717, 1.165) is 24.2 Å². The van der Waals surface area contributed by atoms with Gasteiger partial charge in [0.05, 0.1) is 5.75 Å². The van der Waals surface area contributed by atoms with Gasteiger partial charge >= 0.3 is 5.97 Å². The van der Waals surface area contributed by atoms with Crippen LogP contribution in [0.4, 0.5) is 0 Å². The molecule has 7 nitrogen and oxygen atoms in total. The van der Waals surface area contributed by atoms with Gasteiger partial charge in [-0.25, -0.2) is 13.1 Å². The van der Waals surface area contributed by atoms with Crippen molar-refractivity contribution in [1.29, 1.82) is 0 Å². The number of aromatic amines is 1. The molecule has 0 spiro atoms. The van der Waals surface area contributed by atoms with Crippen molar-refractivity contribution in [2.75, 3.05) is 32.9 Å². The van der Waals surface area contributed by atoms with Gasteiger partial charge in [0.15, 0.2) is 0 Å². The molecule has 1 aliphatic heterocycles. The highest BCUT2D eigenvalue weighted by Gasteiger charge is 2.21. The lowest BCUT2D eigenvalue weighted by Gasteiger charge is -2.28. The van der Waals surface area contributed by atoms with Crippen molar-refractivity contribution in [2.45, 2.75) is 38.5 Å². The largest absolute Gasteiger partial charge is 0.481 e. The lowest BCUT2D eigenvalue weighted by Crippen LogP contribution is -2.29. The molecule has 0 saturated carbocycles. The molecule has 1 saturated heterocycles. The van der Waals surface area contributed by atoms with Crippen LogP contribution in [0, 0.1) is 0 Å². The topological polar surface area (TPSA) is 102 Å². The Labute approximate surface area is 167 Å². The summed E-state index contributed by atoms with van der Waals surface area (Å²) in [5, 5.41) is 8.97. The number of piperidine rings is 1. The zero-order valence-electron chi connectivity index (χ0n) is 16.9. The SMILES string of the molecule is CCC(=O)O.CNS(=O)(=O)CCc1ccc2[nH]cc(C3CCN(C)CC3)c2c1. The number of aryl methyl sites for hydroxylation is 1. The molecule has 0 aliphatic carbocycles. The zero-order valence-corrected chi connectivity index (χ0v) is 17.7. The summed E-state index contributed by atoms with van der Waals surface area (Å²) < 4.78 is 25.6. The summed E-state index contributed by atoms with van der Waals surface area (Å²) >= 11 is 0. The Morgan fingerprint density at radius 3 is 2.54 bits per heavy atom. The van der Waals surface area contributed by atoms with Gasteiger partial charge in [-0.3, -0.25) is 4.79 Å². The van der Waals surface area contributed by atoms with Crippen LogP contribution in [0.3, 0.4) is 0 Å². The number of nitrogens with one attached hydrogen (secondary N) is 2. The van der Waals surface area contributed by atoms with Crippen LogP contribution in [0.5, 0.6) is 0 Å². The molecule has 3 rings (SSSR count). The van der Waals surface area contributed by atoms with Crippen LogP contribution >= 0.6 is 0 Å². The first kappa shape index (κ1) is 22.4. The molecule has 8 heteroatoms. The summed E-state index contributed by atoms with van der Waals surface area (Å²) in [4.78, 5) is 15.1. The van der Waals surface area contributed by atoms with Gasteiger partial charge in [0.25, 0.3) is 0 Å².